The van der Waals surface area contributed by atoms with Crippen molar-refractivity contribution >= 4 is 17.9 Å². The summed E-state index contributed by atoms with van der Waals surface area (Å²) in [5, 5.41) is 11.3. The van der Waals surface area contributed by atoms with Gasteiger partial charge in [0.1, 0.15) is 13.2 Å². The number of benzene rings is 2. The Morgan fingerprint density at radius 3 is 2.33 bits per heavy atom. The first-order valence-corrected chi connectivity index (χ1v) is 8.47. The van der Waals surface area contributed by atoms with Crippen LogP contribution in [0.25, 0.3) is 11.1 Å². The number of fused-ring (bicyclic) bond motifs is 3. The summed E-state index contributed by atoms with van der Waals surface area (Å²) in [6.45, 7) is -0.0188. The number of nitrogens with one attached hydrogen (secondary N) is 1. The molecule has 136 valence electrons. The van der Waals surface area contributed by atoms with Crippen LogP contribution in [-0.4, -0.2) is 33.3 Å². The number of amides is 1. The zero-order chi connectivity index (χ0) is 18.8. The third-order valence-electron chi connectivity index (χ3n) is 4.52. The quantitative estimate of drug-likeness (QED) is 0.725. The Balaban J connectivity index is 1.43. The second kappa shape index (κ2) is 6.95. The number of imidazole rings is 1. The van der Waals surface area contributed by atoms with Crippen LogP contribution in [0.5, 0.6) is 0 Å². The fourth-order valence-corrected chi connectivity index (χ4v) is 3.41. The summed E-state index contributed by atoms with van der Waals surface area (Å²) in [4.78, 5) is 26.8. The Bertz CT molecular complexity index is 966. The van der Waals surface area contributed by atoms with Crippen molar-refractivity contribution in [3.8, 4) is 11.1 Å². The van der Waals surface area contributed by atoms with Gasteiger partial charge in [-0.1, -0.05) is 48.5 Å². The number of carbonyl (C=O) groups is 2. The number of aliphatic carboxylic acids is 1. The number of carbonyl (C=O) groups excluding carboxylic acids is 1. The number of ether oxygens (including phenoxy) is 1. The SMILES string of the molecule is O=C(O)Cn1cnc(NC(=O)OCC2c3ccccc3-c3ccccc32)c1. The molecule has 1 aliphatic carbocycles. The Morgan fingerprint density at radius 2 is 1.70 bits per heavy atom. The van der Waals surface area contributed by atoms with Gasteiger partial charge in [-0.25, -0.2) is 9.78 Å². The number of carboxylic acid groups (broad SMARTS) is 1. The van der Waals surface area contributed by atoms with Gasteiger partial charge in [0.2, 0.25) is 0 Å². The number of hydrogen-bond acceptors (Lipinski definition) is 4. The molecule has 0 spiro atoms. The van der Waals surface area contributed by atoms with Gasteiger partial charge in [0, 0.05) is 12.1 Å². The first kappa shape index (κ1) is 16.8. The first-order chi connectivity index (χ1) is 13.1. The molecule has 0 bridgehead atoms. The molecule has 0 fully saturated rings. The van der Waals surface area contributed by atoms with Crippen LogP contribution >= 0.6 is 0 Å². The molecular weight excluding hydrogens is 346 g/mol. The Labute approximate surface area is 155 Å². The highest BCUT2D eigenvalue weighted by Crippen LogP contribution is 2.44. The maximum Gasteiger partial charge on any atom is 0.412 e. The molecule has 1 aliphatic rings. The van der Waals surface area contributed by atoms with Gasteiger partial charge >= 0.3 is 12.1 Å². The van der Waals surface area contributed by atoms with E-state index in [-0.39, 0.29) is 24.9 Å². The second-order valence-corrected chi connectivity index (χ2v) is 6.28. The number of aromatic nitrogens is 2. The molecule has 1 amide bonds. The van der Waals surface area contributed by atoms with E-state index in [0.717, 1.165) is 22.3 Å². The van der Waals surface area contributed by atoms with Gasteiger partial charge in [-0.3, -0.25) is 10.1 Å². The van der Waals surface area contributed by atoms with E-state index in [1.807, 2.05) is 24.3 Å². The molecule has 0 saturated heterocycles. The van der Waals surface area contributed by atoms with Gasteiger partial charge in [0.05, 0.1) is 6.33 Å². The number of nitrogens with zero attached hydrogens (tertiary/aromatic N) is 2. The lowest BCUT2D eigenvalue weighted by atomic mass is 9.98. The molecule has 1 heterocycles. The van der Waals surface area contributed by atoms with Crippen molar-refractivity contribution in [2.45, 2.75) is 12.5 Å². The van der Waals surface area contributed by atoms with E-state index < -0.39 is 12.1 Å². The van der Waals surface area contributed by atoms with E-state index in [1.54, 1.807) is 0 Å². The first-order valence-electron chi connectivity index (χ1n) is 8.47. The summed E-state index contributed by atoms with van der Waals surface area (Å²) in [6, 6.07) is 16.2. The summed E-state index contributed by atoms with van der Waals surface area (Å²) >= 11 is 0. The molecule has 0 atom stereocenters. The number of hydrogen-bond donors (Lipinski definition) is 2. The Hall–Kier alpha value is -3.61. The van der Waals surface area contributed by atoms with E-state index in [9.17, 15) is 9.59 Å². The summed E-state index contributed by atoms with van der Waals surface area (Å²) in [6.07, 6.45) is 2.15. The highest BCUT2D eigenvalue weighted by Gasteiger charge is 2.29. The Morgan fingerprint density at radius 1 is 1.07 bits per heavy atom. The van der Waals surface area contributed by atoms with E-state index in [0.29, 0.717) is 0 Å². The van der Waals surface area contributed by atoms with Gasteiger partial charge in [0.25, 0.3) is 0 Å². The molecule has 2 N–H and O–H groups in total. The van der Waals surface area contributed by atoms with Crippen molar-refractivity contribution in [2.75, 3.05) is 11.9 Å². The molecule has 4 rings (SSSR count). The molecule has 3 aromatic rings. The van der Waals surface area contributed by atoms with Crippen LogP contribution in [0.2, 0.25) is 0 Å². The van der Waals surface area contributed by atoms with Gasteiger partial charge in [-0.15, -0.1) is 0 Å². The normalized spacial score (nSPS) is 12.3. The molecular formula is C20H17N3O4. The zero-order valence-electron chi connectivity index (χ0n) is 14.3. The average molecular weight is 363 g/mol. The van der Waals surface area contributed by atoms with Crippen LogP contribution in [0.4, 0.5) is 10.6 Å². The van der Waals surface area contributed by atoms with Gasteiger partial charge < -0.3 is 14.4 Å². The van der Waals surface area contributed by atoms with Crippen LogP contribution in [0.15, 0.2) is 61.1 Å². The topological polar surface area (TPSA) is 93.5 Å². The zero-order valence-corrected chi connectivity index (χ0v) is 14.3. The fraction of sp³-hybridized carbons (Fsp3) is 0.150. The molecule has 0 aliphatic heterocycles. The third kappa shape index (κ3) is 3.39. The van der Waals surface area contributed by atoms with Crippen molar-refractivity contribution in [3.05, 3.63) is 72.2 Å². The molecule has 7 nitrogen and oxygen atoms in total. The standard InChI is InChI=1S/C20H17N3O4/c24-19(25)10-23-9-18(21-12-23)22-20(26)27-11-17-15-7-3-1-5-13(15)14-6-2-4-8-16(14)17/h1-9,12,17H,10-11H2,(H,22,26)(H,24,25). The lowest BCUT2D eigenvalue weighted by Crippen LogP contribution is -2.18. The van der Waals surface area contributed by atoms with Crippen LogP contribution in [-0.2, 0) is 16.1 Å². The summed E-state index contributed by atoms with van der Waals surface area (Å²) in [5.74, 6) is -0.763. The average Bonchev–Trinajstić information content (AvgIpc) is 3.21. The molecule has 27 heavy (non-hydrogen) atoms. The van der Waals surface area contributed by atoms with E-state index in [4.69, 9.17) is 9.84 Å². The summed E-state index contributed by atoms with van der Waals surface area (Å²) in [5.41, 5.74) is 4.60. The minimum atomic E-state index is -0.986. The Kier molecular flexibility index (Phi) is 4.33. The highest BCUT2D eigenvalue weighted by molar-refractivity contribution is 5.84. The van der Waals surface area contributed by atoms with E-state index >= 15 is 0 Å². The molecule has 1 aromatic heterocycles. The molecule has 0 saturated carbocycles. The van der Waals surface area contributed by atoms with Gasteiger partial charge in [-0.2, -0.15) is 0 Å². The van der Waals surface area contributed by atoms with E-state index in [2.05, 4.69) is 34.6 Å². The van der Waals surface area contributed by atoms with Gasteiger partial charge in [0.15, 0.2) is 5.82 Å². The largest absolute Gasteiger partial charge is 0.480 e. The highest BCUT2D eigenvalue weighted by atomic mass is 16.5. The maximum atomic E-state index is 12.1. The molecule has 2 aromatic carbocycles. The van der Waals surface area contributed by atoms with Crippen LogP contribution < -0.4 is 5.32 Å². The summed E-state index contributed by atoms with van der Waals surface area (Å²) in [7, 11) is 0. The predicted octanol–water partition coefficient (Wildman–Crippen LogP) is 3.33. The monoisotopic (exact) mass is 363 g/mol. The lowest BCUT2D eigenvalue weighted by Gasteiger charge is -2.14. The van der Waals surface area contributed by atoms with Crippen molar-refractivity contribution in [2.24, 2.45) is 0 Å². The maximum absolute atomic E-state index is 12.1. The minimum absolute atomic E-state index is 0.0206. The molecule has 0 unspecified atom stereocenters. The van der Waals surface area contributed by atoms with Crippen LogP contribution in [0.1, 0.15) is 17.0 Å². The second-order valence-electron chi connectivity index (χ2n) is 6.28. The minimum Gasteiger partial charge on any atom is -0.480 e. The van der Waals surface area contributed by atoms with Gasteiger partial charge in [-0.05, 0) is 22.3 Å². The number of rotatable bonds is 5. The predicted molar refractivity (Wildman–Crippen MR) is 98.6 cm³/mol. The molecule has 7 heteroatoms. The van der Waals surface area contributed by atoms with Crippen molar-refractivity contribution in [1.29, 1.82) is 0 Å². The molecule has 0 radical (unpaired) electrons. The third-order valence-corrected chi connectivity index (χ3v) is 4.52. The fourth-order valence-electron chi connectivity index (χ4n) is 3.41. The van der Waals surface area contributed by atoms with Crippen LogP contribution in [0.3, 0.4) is 0 Å². The van der Waals surface area contributed by atoms with Crippen molar-refractivity contribution < 1.29 is 19.4 Å². The van der Waals surface area contributed by atoms with Crippen LogP contribution in [0, 0.1) is 0 Å². The number of carboxylic acids is 1. The lowest BCUT2D eigenvalue weighted by molar-refractivity contribution is -0.137. The van der Waals surface area contributed by atoms with Crippen molar-refractivity contribution in [3.63, 3.8) is 0 Å². The van der Waals surface area contributed by atoms with Crippen molar-refractivity contribution in [1.82, 2.24) is 9.55 Å². The summed E-state index contributed by atoms with van der Waals surface area (Å²) < 4.78 is 6.78. The van der Waals surface area contributed by atoms with E-state index in [1.165, 1.54) is 17.1 Å². The number of anilines is 1. The smallest absolute Gasteiger partial charge is 0.412 e.